The van der Waals surface area contributed by atoms with Crippen molar-refractivity contribution in [2.45, 2.75) is 32.8 Å². The molecule has 0 saturated heterocycles. The number of hydrogen-bond acceptors (Lipinski definition) is 1. The van der Waals surface area contributed by atoms with E-state index in [1.165, 1.54) is 5.57 Å². The summed E-state index contributed by atoms with van der Waals surface area (Å²) < 4.78 is 5.48. The zero-order valence-corrected chi connectivity index (χ0v) is 9.88. The van der Waals surface area contributed by atoms with E-state index in [-0.39, 0.29) is 0 Å². The summed E-state index contributed by atoms with van der Waals surface area (Å²) in [4.78, 5) is 0. The molecule has 1 unspecified atom stereocenters. The molecule has 0 aliphatic carbocycles. The highest BCUT2D eigenvalue weighted by Gasteiger charge is 2.10. The van der Waals surface area contributed by atoms with Gasteiger partial charge in [0.15, 0.2) is 0 Å². The van der Waals surface area contributed by atoms with Crippen molar-refractivity contribution in [2.24, 2.45) is 5.92 Å². The largest absolute Gasteiger partial charge is 0.494 e. The zero-order valence-electron chi connectivity index (χ0n) is 8.29. The third-order valence-electron chi connectivity index (χ3n) is 2.26. The quantitative estimate of drug-likeness (QED) is 0.544. The fourth-order valence-electron chi connectivity index (χ4n) is 1.31. The Morgan fingerprint density at radius 1 is 1.69 bits per heavy atom. The maximum Gasteiger partial charge on any atom is 0.116 e. The highest BCUT2D eigenvalue weighted by Crippen LogP contribution is 2.18. The molecule has 1 heterocycles. The minimum Gasteiger partial charge on any atom is -0.494 e. The molecule has 0 fully saturated rings. The summed E-state index contributed by atoms with van der Waals surface area (Å²) in [5.41, 5.74) is 1.43. The van der Waals surface area contributed by atoms with Crippen molar-refractivity contribution in [3.8, 4) is 0 Å². The first-order chi connectivity index (χ1) is 6.24. The van der Waals surface area contributed by atoms with E-state index in [4.69, 9.17) is 4.74 Å². The van der Waals surface area contributed by atoms with Crippen LogP contribution in [-0.2, 0) is 4.74 Å². The molecule has 2 heteroatoms. The molecule has 0 aromatic carbocycles. The lowest BCUT2D eigenvalue weighted by Crippen LogP contribution is -2.11. The van der Waals surface area contributed by atoms with E-state index in [0.717, 1.165) is 18.2 Å². The van der Waals surface area contributed by atoms with Crippen LogP contribution in [-0.4, -0.2) is 11.4 Å². The van der Waals surface area contributed by atoms with Gasteiger partial charge in [-0.15, -0.1) is 0 Å². The van der Waals surface area contributed by atoms with Crippen molar-refractivity contribution >= 4 is 15.9 Å². The van der Waals surface area contributed by atoms with Crippen LogP contribution in [0, 0.1) is 5.92 Å². The lowest BCUT2D eigenvalue weighted by molar-refractivity contribution is 0.164. The van der Waals surface area contributed by atoms with Gasteiger partial charge in [-0.3, -0.25) is 0 Å². The van der Waals surface area contributed by atoms with E-state index >= 15 is 0 Å². The fourth-order valence-corrected chi connectivity index (χ4v) is 2.14. The third kappa shape index (κ3) is 3.55. The smallest absolute Gasteiger partial charge is 0.116 e. The van der Waals surface area contributed by atoms with Crippen LogP contribution in [0.1, 0.15) is 26.7 Å². The summed E-state index contributed by atoms with van der Waals surface area (Å²) in [7, 11) is 0. The first-order valence-corrected chi connectivity index (χ1v) is 5.93. The van der Waals surface area contributed by atoms with Gasteiger partial charge in [0, 0.05) is 5.33 Å². The molecule has 0 aromatic heterocycles. The lowest BCUT2D eigenvalue weighted by atomic mass is 10.0. The van der Waals surface area contributed by atoms with Crippen molar-refractivity contribution in [3.05, 3.63) is 24.0 Å². The van der Waals surface area contributed by atoms with Gasteiger partial charge in [0.1, 0.15) is 6.10 Å². The average Bonchev–Trinajstić information content (AvgIpc) is 2.15. The van der Waals surface area contributed by atoms with Crippen LogP contribution in [0.5, 0.6) is 0 Å². The first kappa shape index (κ1) is 10.8. The minimum atomic E-state index is 0.292. The van der Waals surface area contributed by atoms with Crippen LogP contribution in [0.25, 0.3) is 0 Å². The third-order valence-corrected chi connectivity index (χ3v) is 2.91. The van der Waals surface area contributed by atoms with Crippen LogP contribution < -0.4 is 0 Å². The average molecular weight is 245 g/mol. The molecule has 0 spiro atoms. The Labute approximate surface area is 89.0 Å². The molecule has 1 nitrogen and oxygen atoms in total. The number of allylic oxidation sites excluding steroid dienone is 2. The van der Waals surface area contributed by atoms with E-state index < -0.39 is 0 Å². The molecule has 1 atom stereocenters. The Hall–Kier alpha value is -0.240. The maximum absolute atomic E-state index is 5.48. The standard InChI is InChI=1S/C11H17BrO/c1-9(2)10(8-12)7-11-5-3-4-6-13-11/h4,6-7,9,11H,3,5,8H2,1-2H3. The predicted octanol–water partition coefficient (Wildman–Crippen LogP) is 3.66. The Bertz CT molecular complexity index is 206. The van der Waals surface area contributed by atoms with E-state index in [2.05, 4.69) is 41.9 Å². The van der Waals surface area contributed by atoms with Gasteiger partial charge in [-0.2, -0.15) is 0 Å². The summed E-state index contributed by atoms with van der Waals surface area (Å²) >= 11 is 3.50. The second-order valence-electron chi connectivity index (χ2n) is 3.65. The second-order valence-corrected chi connectivity index (χ2v) is 4.21. The monoisotopic (exact) mass is 244 g/mol. The molecule has 74 valence electrons. The van der Waals surface area contributed by atoms with Crippen molar-refractivity contribution < 1.29 is 4.74 Å². The highest BCUT2D eigenvalue weighted by atomic mass is 79.9. The Balaban J connectivity index is 2.55. The van der Waals surface area contributed by atoms with Crippen LogP contribution in [0.15, 0.2) is 24.0 Å². The summed E-state index contributed by atoms with van der Waals surface area (Å²) in [6, 6.07) is 0. The molecule has 1 rings (SSSR count). The summed E-state index contributed by atoms with van der Waals surface area (Å²) in [6.45, 7) is 4.43. The van der Waals surface area contributed by atoms with Gasteiger partial charge in [0.2, 0.25) is 0 Å². The molecule has 1 aliphatic rings. The second kappa shape index (κ2) is 5.48. The zero-order chi connectivity index (χ0) is 9.68. The van der Waals surface area contributed by atoms with Crippen molar-refractivity contribution in [1.29, 1.82) is 0 Å². The number of hydrogen-bond donors (Lipinski definition) is 0. The van der Waals surface area contributed by atoms with Crippen LogP contribution in [0.3, 0.4) is 0 Å². The molecule has 0 radical (unpaired) electrons. The van der Waals surface area contributed by atoms with Gasteiger partial charge < -0.3 is 4.74 Å². The van der Waals surface area contributed by atoms with Gasteiger partial charge in [-0.05, 0) is 30.9 Å². The Morgan fingerprint density at radius 3 is 2.92 bits per heavy atom. The molecule has 0 bridgehead atoms. The van der Waals surface area contributed by atoms with E-state index in [1.807, 2.05) is 6.26 Å². The number of halogens is 1. The normalized spacial score (nSPS) is 23.4. The molecule has 13 heavy (non-hydrogen) atoms. The van der Waals surface area contributed by atoms with Crippen LogP contribution >= 0.6 is 15.9 Å². The van der Waals surface area contributed by atoms with Crippen LogP contribution in [0.4, 0.5) is 0 Å². The van der Waals surface area contributed by atoms with E-state index in [0.29, 0.717) is 12.0 Å². The molecule has 0 aromatic rings. The van der Waals surface area contributed by atoms with E-state index in [9.17, 15) is 0 Å². The van der Waals surface area contributed by atoms with Crippen molar-refractivity contribution in [1.82, 2.24) is 0 Å². The van der Waals surface area contributed by atoms with Gasteiger partial charge in [0.05, 0.1) is 6.26 Å². The van der Waals surface area contributed by atoms with Crippen LogP contribution in [0.2, 0.25) is 0 Å². The number of rotatable bonds is 3. The summed E-state index contributed by atoms with van der Waals surface area (Å²) in [6.07, 6.45) is 8.68. The molecule has 0 N–H and O–H groups in total. The molecule has 1 aliphatic heterocycles. The van der Waals surface area contributed by atoms with Gasteiger partial charge in [-0.1, -0.05) is 35.4 Å². The van der Waals surface area contributed by atoms with Crippen molar-refractivity contribution in [2.75, 3.05) is 5.33 Å². The molecular formula is C11H17BrO. The molecule has 0 saturated carbocycles. The first-order valence-electron chi connectivity index (χ1n) is 4.81. The summed E-state index contributed by atoms with van der Waals surface area (Å²) in [5, 5.41) is 0.953. The van der Waals surface area contributed by atoms with Gasteiger partial charge in [0.25, 0.3) is 0 Å². The number of alkyl halides is 1. The predicted molar refractivity (Wildman–Crippen MR) is 60.0 cm³/mol. The van der Waals surface area contributed by atoms with Gasteiger partial charge >= 0.3 is 0 Å². The molecule has 0 amide bonds. The highest BCUT2D eigenvalue weighted by molar-refractivity contribution is 9.09. The van der Waals surface area contributed by atoms with E-state index in [1.54, 1.807) is 0 Å². The fraction of sp³-hybridized carbons (Fsp3) is 0.636. The molecular weight excluding hydrogens is 228 g/mol. The van der Waals surface area contributed by atoms with Crippen molar-refractivity contribution in [3.63, 3.8) is 0 Å². The Kier molecular flexibility index (Phi) is 4.57. The summed E-state index contributed by atoms with van der Waals surface area (Å²) in [5.74, 6) is 0.605. The van der Waals surface area contributed by atoms with Gasteiger partial charge in [-0.25, -0.2) is 0 Å². The maximum atomic E-state index is 5.48. The topological polar surface area (TPSA) is 9.23 Å². The lowest BCUT2D eigenvalue weighted by Gasteiger charge is -2.18. The number of ether oxygens (including phenoxy) is 1. The minimum absolute atomic E-state index is 0.292. The SMILES string of the molecule is CC(C)C(=CC1CCC=CO1)CBr. The Morgan fingerprint density at radius 2 is 2.46 bits per heavy atom.